The Balaban J connectivity index is 1.65. The molecule has 0 atom stereocenters. The monoisotopic (exact) mass is 340 g/mol. The Labute approximate surface area is 143 Å². The molecule has 0 unspecified atom stereocenters. The SMILES string of the molecule is CCOC(=O)N1CCN(CCC(=O)N2CCN(C(C)=O)CC2)CC1. The predicted molar refractivity (Wildman–Crippen MR) is 88.5 cm³/mol. The molecule has 8 nitrogen and oxygen atoms in total. The zero-order valence-corrected chi connectivity index (χ0v) is 14.7. The van der Waals surface area contributed by atoms with Gasteiger partial charge in [-0.05, 0) is 6.92 Å². The standard InChI is InChI=1S/C16H28N4O4/c1-3-24-16(23)20-8-6-17(7-9-20)5-4-15(22)19-12-10-18(11-13-19)14(2)21/h3-13H2,1-2H3. The molecular formula is C16H28N4O4. The van der Waals surface area contributed by atoms with Gasteiger partial charge in [-0.3, -0.25) is 14.5 Å². The third-order valence-corrected chi connectivity index (χ3v) is 4.62. The van der Waals surface area contributed by atoms with Crippen LogP contribution in [0.2, 0.25) is 0 Å². The van der Waals surface area contributed by atoms with Gasteiger partial charge >= 0.3 is 6.09 Å². The topological polar surface area (TPSA) is 73.4 Å². The molecule has 2 saturated heterocycles. The van der Waals surface area contributed by atoms with Gasteiger partial charge in [0.2, 0.25) is 11.8 Å². The van der Waals surface area contributed by atoms with Crippen LogP contribution in [0.3, 0.4) is 0 Å². The molecule has 2 fully saturated rings. The fourth-order valence-corrected chi connectivity index (χ4v) is 3.05. The third-order valence-electron chi connectivity index (χ3n) is 4.62. The molecule has 0 radical (unpaired) electrons. The lowest BCUT2D eigenvalue weighted by atomic mass is 10.2. The first-order valence-corrected chi connectivity index (χ1v) is 8.68. The molecule has 2 aliphatic rings. The van der Waals surface area contributed by atoms with Gasteiger partial charge in [0.1, 0.15) is 0 Å². The Morgan fingerprint density at radius 1 is 0.833 bits per heavy atom. The summed E-state index contributed by atoms with van der Waals surface area (Å²) in [4.78, 5) is 42.8. The second-order valence-electron chi connectivity index (χ2n) is 6.16. The van der Waals surface area contributed by atoms with Gasteiger partial charge < -0.3 is 19.4 Å². The van der Waals surface area contributed by atoms with Gasteiger partial charge in [-0.25, -0.2) is 4.79 Å². The highest BCUT2D eigenvalue weighted by molar-refractivity contribution is 5.77. The van der Waals surface area contributed by atoms with Crippen molar-refractivity contribution >= 4 is 17.9 Å². The molecule has 2 rings (SSSR count). The first-order valence-electron chi connectivity index (χ1n) is 8.68. The maximum absolute atomic E-state index is 12.3. The van der Waals surface area contributed by atoms with Crippen LogP contribution in [-0.2, 0) is 14.3 Å². The summed E-state index contributed by atoms with van der Waals surface area (Å²) in [6.07, 6.45) is 0.232. The highest BCUT2D eigenvalue weighted by atomic mass is 16.6. The lowest BCUT2D eigenvalue weighted by Gasteiger charge is -2.36. The van der Waals surface area contributed by atoms with Crippen LogP contribution < -0.4 is 0 Å². The van der Waals surface area contributed by atoms with Crippen LogP contribution in [-0.4, -0.2) is 103 Å². The van der Waals surface area contributed by atoms with Crippen molar-refractivity contribution in [1.29, 1.82) is 0 Å². The van der Waals surface area contributed by atoms with Gasteiger partial charge in [0.25, 0.3) is 0 Å². The largest absolute Gasteiger partial charge is 0.450 e. The number of hydrogen-bond acceptors (Lipinski definition) is 5. The highest BCUT2D eigenvalue weighted by Gasteiger charge is 2.25. The normalized spacial score (nSPS) is 19.3. The van der Waals surface area contributed by atoms with E-state index in [1.54, 1.807) is 23.6 Å². The van der Waals surface area contributed by atoms with Crippen LogP contribution in [0.15, 0.2) is 0 Å². The summed E-state index contributed by atoms with van der Waals surface area (Å²) >= 11 is 0. The molecule has 0 saturated carbocycles. The summed E-state index contributed by atoms with van der Waals surface area (Å²) < 4.78 is 5.00. The molecule has 0 aromatic rings. The number of piperazine rings is 2. The van der Waals surface area contributed by atoms with Crippen molar-refractivity contribution in [2.24, 2.45) is 0 Å². The molecule has 3 amide bonds. The van der Waals surface area contributed by atoms with E-state index in [-0.39, 0.29) is 17.9 Å². The van der Waals surface area contributed by atoms with Gasteiger partial charge in [0.15, 0.2) is 0 Å². The Morgan fingerprint density at radius 3 is 1.92 bits per heavy atom. The average molecular weight is 340 g/mol. The summed E-state index contributed by atoms with van der Waals surface area (Å²) in [7, 11) is 0. The molecule has 0 bridgehead atoms. The number of carbonyl (C=O) groups is 3. The minimum Gasteiger partial charge on any atom is -0.450 e. The highest BCUT2D eigenvalue weighted by Crippen LogP contribution is 2.07. The van der Waals surface area contributed by atoms with E-state index < -0.39 is 0 Å². The van der Waals surface area contributed by atoms with Crippen molar-refractivity contribution in [3.05, 3.63) is 0 Å². The Bertz CT molecular complexity index is 455. The van der Waals surface area contributed by atoms with E-state index in [1.807, 2.05) is 4.90 Å². The van der Waals surface area contributed by atoms with Crippen molar-refractivity contribution in [2.45, 2.75) is 20.3 Å². The van der Waals surface area contributed by atoms with E-state index >= 15 is 0 Å². The fourth-order valence-electron chi connectivity index (χ4n) is 3.05. The van der Waals surface area contributed by atoms with E-state index in [0.29, 0.717) is 58.8 Å². The molecule has 8 heteroatoms. The van der Waals surface area contributed by atoms with E-state index in [9.17, 15) is 14.4 Å². The Morgan fingerprint density at radius 2 is 1.38 bits per heavy atom. The van der Waals surface area contributed by atoms with Crippen LogP contribution in [0.4, 0.5) is 4.79 Å². The average Bonchev–Trinajstić information content (AvgIpc) is 2.60. The van der Waals surface area contributed by atoms with E-state index in [4.69, 9.17) is 4.74 Å². The lowest BCUT2D eigenvalue weighted by molar-refractivity contribution is -0.138. The molecule has 24 heavy (non-hydrogen) atoms. The maximum Gasteiger partial charge on any atom is 0.409 e. The quantitative estimate of drug-likeness (QED) is 0.711. The molecular weight excluding hydrogens is 312 g/mol. The van der Waals surface area contributed by atoms with E-state index in [0.717, 1.165) is 13.1 Å². The predicted octanol–water partition coefficient (Wildman–Crippen LogP) is -0.159. The third kappa shape index (κ3) is 5.09. The molecule has 0 aromatic heterocycles. The number of nitrogens with zero attached hydrogens (tertiary/aromatic N) is 4. The Kier molecular flexibility index (Phi) is 6.84. The molecule has 2 aliphatic heterocycles. The number of amides is 3. The van der Waals surface area contributed by atoms with Crippen molar-refractivity contribution < 1.29 is 19.1 Å². The van der Waals surface area contributed by atoms with Gasteiger partial charge in [-0.2, -0.15) is 0 Å². The van der Waals surface area contributed by atoms with Gasteiger partial charge in [0.05, 0.1) is 6.61 Å². The summed E-state index contributed by atoms with van der Waals surface area (Å²) in [5.41, 5.74) is 0. The number of carbonyl (C=O) groups excluding carboxylic acids is 3. The summed E-state index contributed by atoms with van der Waals surface area (Å²) in [6.45, 7) is 9.78. The van der Waals surface area contributed by atoms with Crippen molar-refractivity contribution in [3.63, 3.8) is 0 Å². The summed E-state index contributed by atoms with van der Waals surface area (Å²) in [5, 5.41) is 0. The first kappa shape index (κ1) is 18.5. The van der Waals surface area contributed by atoms with Gasteiger partial charge in [-0.1, -0.05) is 0 Å². The van der Waals surface area contributed by atoms with Gasteiger partial charge in [-0.15, -0.1) is 0 Å². The molecule has 0 spiro atoms. The fraction of sp³-hybridized carbons (Fsp3) is 0.812. The number of ether oxygens (including phenoxy) is 1. The summed E-state index contributed by atoms with van der Waals surface area (Å²) in [5.74, 6) is 0.215. The van der Waals surface area contributed by atoms with E-state index in [2.05, 4.69) is 4.90 Å². The van der Waals surface area contributed by atoms with Crippen molar-refractivity contribution in [1.82, 2.24) is 19.6 Å². The molecule has 136 valence electrons. The van der Waals surface area contributed by atoms with Crippen LogP contribution in [0.25, 0.3) is 0 Å². The van der Waals surface area contributed by atoms with Crippen LogP contribution in [0.5, 0.6) is 0 Å². The molecule has 0 N–H and O–H groups in total. The smallest absolute Gasteiger partial charge is 0.409 e. The van der Waals surface area contributed by atoms with Crippen LogP contribution in [0, 0.1) is 0 Å². The molecule has 2 heterocycles. The second-order valence-corrected chi connectivity index (χ2v) is 6.16. The second kappa shape index (κ2) is 8.86. The van der Waals surface area contributed by atoms with Crippen molar-refractivity contribution in [3.8, 4) is 0 Å². The minimum absolute atomic E-state index is 0.0709. The van der Waals surface area contributed by atoms with Gasteiger partial charge in [0, 0.05) is 72.2 Å². The first-order chi connectivity index (χ1) is 11.5. The van der Waals surface area contributed by atoms with Crippen LogP contribution >= 0.6 is 0 Å². The van der Waals surface area contributed by atoms with E-state index in [1.165, 1.54) is 0 Å². The number of hydrogen-bond donors (Lipinski definition) is 0. The zero-order chi connectivity index (χ0) is 17.5. The lowest BCUT2D eigenvalue weighted by Crippen LogP contribution is -2.51. The van der Waals surface area contributed by atoms with Crippen molar-refractivity contribution in [2.75, 3.05) is 65.5 Å². The minimum atomic E-state index is -0.253. The molecule has 0 aliphatic carbocycles. The summed E-state index contributed by atoms with van der Waals surface area (Å²) in [6, 6.07) is 0. The van der Waals surface area contributed by atoms with Crippen LogP contribution in [0.1, 0.15) is 20.3 Å². The molecule has 0 aromatic carbocycles. The number of rotatable bonds is 4. The Hall–Kier alpha value is -1.83. The zero-order valence-electron chi connectivity index (χ0n) is 14.7. The maximum atomic E-state index is 12.3.